The van der Waals surface area contributed by atoms with Gasteiger partial charge in [-0.15, -0.1) is 0 Å². The van der Waals surface area contributed by atoms with Crippen LogP contribution in [-0.2, 0) is 4.79 Å². The topological polar surface area (TPSA) is 103 Å². The van der Waals surface area contributed by atoms with E-state index in [9.17, 15) is 14.7 Å². The lowest BCUT2D eigenvalue weighted by Gasteiger charge is -2.16. The molecular weight excluding hydrogens is 466 g/mol. The Morgan fingerprint density at radius 2 is 2.00 bits per heavy atom. The molecule has 3 rings (SSSR count). The first-order valence-electron chi connectivity index (χ1n) is 9.56. The highest BCUT2D eigenvalue weighted by atomic mass is 79.9. The molecule has 0 aliphatic carbocycles. The molecule has 1 heterocycles. The average Bonchev–Trinajstić information content (AvgIpc) is 2.73. The fraction of sp³-hybridized carbons (Fsp3) is 0.273. The predicted octanol–water partition coefficient (Wildman–Crippen LogP) is 4.03. The molecule has 3 aromatic rings. The van der Waals surface area contributed by atoms with E-state index in [0.29, 0.717) is 28.0 Å². The average molecular weight is 488 g/mol. The van der Waals surface area contributed by atoms with Crippen LogP contribution in [0.1, 0.15) is 38.1 Å². The number of ether oxygens (including phenoxy) is 2. The summed E-state index contributed by atoms with van der Waals surface area (Å²) in [6.07, 6.45) is 0.336. The van der Waals surface area contributed by atoms with Crippen molar-refractivity contribution in [2.24, 2.45) is 5.10 Å². The molecule has 0 saturated heterocycles. The van der Waals surface area contributed by atoms with E-state index in [2.05, 4.69) is 26.0 Å². The summed E-state index contributed by atoms with van der Waals surface area (Å²) in [5, 5.41) is 14.0. The number of carbonyl (C=O) groups is 1. The number of halogens is 1. The summed E-state index contributed by atoms with van der Waals surface area (Å²) in [5.74, 6) is -0.101. The first-order valence-corrected chi connectivity index (χ1v) is 10.3. The lowest BCUT2D eigenvalue weighted by Crippen LogP contribution is -2.24. The number of methoxy groups -OCH3 is 1. The molecule has 9 heteroatoms. The van der Waals surface area contributed by atoms with Gasteiger partial charge in [-0.3, -0.25) is 4.79 Å². The molecule has 0 spiro atoms. The third-order valence-corrected chi connectivity index (χ3v) is 5.03. The molecular formula is C22H22BrN3O5. The Morgan fingerprint density at radius 3 is 2.65 bits per heavy atom. The normalized spacial score (nSPS) is 12.5. The van der Waals surface area contributed by atoms with Crippen LogP contribution >= 0.6 is 15.9 Å². The molecule has 0 amide bonds. The highest BCUT2D eigenvalue weighted by Gasteiger charge is 2.19. The van der Waals surface area contributed by atoms with E-state index in [-0.39, 0.29) is 17.2 Å². The highest BCUT2D eigenvalue weighted by Crippen LogP contribution is 2.31. The summed E-state index contributed by atoms with van der Waals surface area (Å²) in [5.41, 5.74) is 0.739. The maximum Gasteiger partial charge on any atom is 0.344 e. The zero-order chi connectivity index (χ0) is 22.7. The fourth-order valence-corrected chi connectivity index (χ4v) is 3.28. The number of para-hydroxylation sites is 1. The van der Waals surface area contributed by atoms with Gasteiger partial charge in [0.25, 0.3) is 5.56 Å². The summed E-state index contributed by atoms with van der Waals surface area (Å²) in [7, 11) is 1.46. The van der Waals surface area contributed by atoms with E-state index in [1.807, 2.05) is 19.9 Å². The van der Waals surface area contributed by atoms with Gasteiger partial charge in [-0.25, -0.2) is 9.78 Å². The van der Waals surface area contributed by atoms with Gasteiger partial charge >= 0.3 is 5.97 Å². The molecule has 1 atom stereocenters. The number of hydrogen-bond acceptors (Lipinski definition) is 6. The zero-order valence-corrected chi connectivity index (χ0v) is 19.1. The molecule has 2 aromatic carbocycles. The minimum Gasteiger partial charge on any atom is -0.493 e. The van der Waals surface area contributed by atoms with Crippen molar-refractivity contribution in [1.82, 2.24) is 9.66 Å². The smallest absolute Gasteiger partial charge is 0.344 e. The third kappa shape index (κ3) is 4.77. The minimum atomic E-state index is -1.11. The largest absolute Gasteiger partial charge is 0.493 e. The van der Waals surface area contributed by atoms with Crippen LogP contribution < -0.4 is 15.0 Å². The molecule has 0 fully saturated rings. The van der Waals surface area contributed by atoms with Gasteiger partial charge in [0, 0.05) is 16.0 Å². The number of aliphatic carboxylic acids is 1. The van der Waals surface area contributed by atoms with Crippen molar-refractivity contribution >= 4 is 39.0 Å². The number of nitrogens with zero attached hydrogens (tertiary/aromatic N) is 3. The number of aromatic nitrogens is 2. The third-order valence-electron chi connectivity index (χ3n) is 4.53. The number of hydrogen-bond donors (Lipinski definition) is 1. The lowest BCUT2D eigenvalue weighted by molar-refractivity contribution is -0.144. The van der Waals surface area contributed by atoms with E-state index >= 15 is 0 Å². The minimum absolute atomic E-state index is 0.0639. The molecule has 1 aromatic heterocycles. The number of rotatable bonds is 7. The van der Waals surface area contributed by atoms with Crippen molar-refractivity contribution in [2.75, 3.05) is 7.11 Å². The maximum atomic E-state index is 13.2. The van der Waals surface area contributed by atoms with Gasteiger partial charge in [0.1, 0.15) is 5.82 Å². The van der Waals surface area contributed by atoms with Crippen molar-refractivity contribution < 1.29 is 19.4 Å². The van der Waals surface area contributed by atoms with Crippen molar-refractivity contribution in [3.05, 3.63) is 62.6 Å². The number of benzene rings is 2. The van der Waals surface area contributed by atoms with Gasteiger partial charge in [-0.05, 0) is 37.3 Å². The summed E-state index contributed by atoms with van der Waals surface area (Å²) >= 11 is 3.38. The van der Waals surface area contributed by atoms with Crippen molar-refractivity contribution in [2.45, 2.75) is 32.8 Å². The quantitative estimate of drug-likeness (QED) is 0.504. The van der Waals surface area contributed by atoms with Crippen molar-refractivity contribution in [3.8, 4) is 11.5 Å². The number of carboxylic acid groups (broad SMARTS) is 1. The van der Waals surface area contributed by atoms with Gasteiger partial charge in [-0.2, -0.15) is 9.78 Å². The Morgan fingerprint density at radius 1 is 1.26 bits per heavy atom. The van der Waals surface area contributed by atoms with Gasteiger partial charge in [0.05, 0.1) is 24.2 Å². The first kappa shape index (κ1) is 22.5. The zero-order valence-electron chi connectivity index (χ0n) is 17.5. The molecule has 8 nitrogen and oxygen atoms in total. The monoisotopic (exact) mass is 487 g/mol. The second-order valence-corrected chi connectivity index (χ2v) is 8.04. The molecule has 0 unspecified atom stereocenters. The Bertz CT molecular complexity index is 1220. The van der Waals surface area contributed by atoms with E-state index < -0.39 is 12.1 Å². The Kier molecular flexibility index (Phi) is 6.74. The van der Waals surface area contributed by atoms with Crippen LogP contribution in [0, 0.1) is 0 Å². The molecule has 31 heavy (non-hydrogen) atoms. The summed E-state index contributed by atoms with van der Waals surface area (Å²) in [4.78, 5) is 29.0. The van der Waals surface area contributed by atoms with Gasteiger partial charge < -0.3 is 14.6 Å². The summed E-state index contributed by atoms with van der Waals surface area (Å²) < 4.78 is 12.9. The first-order chi connectivity index (χ1) is 14.7. The van der Waals surface area contributed by atoms with Gasteiger partial charge in [0.2, 0.25) is 0 Å². The van der Waals surface area contributed by atoms with Crippen LogP contribution in [0.2, 0.25) is 0 Å². The summed E-state index contributed by atoms with van der Waals surface area (Å²) in [6.45, 7) is 5.27. The van der Waals surface area contributed by atoms with Crippen LogP contribution in [0.4, 0.5) is 0 Å². The van der Waals surface area contributed by atoms with E-state index in [1.165, 1.54) is 24.9 Å². The fourth-order valence-electron chi connectivity index (χ4n) is 2.92. The molecule has 162 valence electrons. The van der Waals surface area contributed by atoms with E-state index in [1.54, 1.807) is 30.3 Å². The van der Waals surface area contributed by atoms with Crippen LogP contribution in [0.15, 0.2) is 50.8 Å². The predicted molar refractivity (Wildman–Crippen MR) is 122 cm³/mol. The molecule has 0 bridgehead atoms. The van der Waals surface area contributed by atoms with E-state index in [4.69, 9.17) is 9.47 Å². The van der Waals surface area contributed by atoms with Gasteiger partial charge in [0.15, 0.2) is 17.6 Å². The van der Waals surface area contributed by atoms with Crippen molar-refractivity contribution in [1.29, 1.82) is 0 Å². The molecule has 0 aliphatic rings. The molecule has 0 aliphatic heterocycles. The Balaban J connectivity index is 2.15. The van der Waals surface area contributed by atoms with Crippen LogP contribution in [0.5, 0.6) is 11.5 Å². The Labute approximate surface area is 187 Å². The van der Waals surface area contributed by atoms with E-state index in [0.717, 1.165) is 4.47 Å². The Hall–Kier alpha value is -3.20. The highest BCUT2D eigenvalue weighted by molar-refractivity contribution is 9.10. The number of carboxylic acids is 1. The molecule has 0 saturated carbocycles. The summed E-state index contributed by atoms with van der Waals surface area (Å²) in [6, 6.07) is 10.4. The second kappa shape index (κ2) is 9.30. The van der Waals surface area contributed by atoms with Crippen LogP contribution in [0.3, 0.4) is 0 Å². The van der Waals surface area contributed by atoms with Crippen LogP contribution in [-0.4, -0.2) is 40.2 Å². The maximum absolute atomic E-state index is 13.2. The molecule has 1 N–H and O–H groups in total. The number of fused-ring (bicyclic) bond motifs is 1. The lowest BCUT2D eigenvalue weighted by atomic mass is 10.2. The molecule has 0 radical (unpaired) electrons. The van der Waals surface area contributed by atoms with Crippen molar-refractivity contribution in [3.63, 3.8) is 0 Å². The second-order valence-electron chi connectivity index (χ2n) is 7.12. The standard InChI is InChI=1S/C22H22BrN3O5/c1-12(2)20-25-17-9-8-15(23)10-16(17)21(27)26(20)24-11-14-6-5-7-18(30-4)19(14)31-13(3)22(28)29/h5-13H,1-4H3,(H,28,29)/t13-/m0/s1. The van der Waals surface area contributed by atoms with Gasteiger partial charge in [-0.1, -0.05) is 35.8 Å². The van der Waals surface area contributed by atoms with Crippen LogP contribution in [0.25, 0.3) is 10.9 Å². The SMILES string of the molecule is COc1cccc(C=Nn2c(C(C)C)nc3ccc(Br)cc3c2=O)c1O[C@@H](C)C(=O)O.